The SMILES string of the molecule is Cc1ccc(C)n1-c1nc(CC(=O)N(C)Cc2nc3ccccc3s2)cs1. The lowest BCUT2D eigenvalue weighted by Gasteiger charge is -2.14. The summed E-state index contributed by atoms with van der Waals surface area (Å²) in [5, 5.41) is 3.83. The first-order valence-electron chi connectivity index (χ1n) is 8.69. The highest BCUT2D eigenvalue weighted by molar-refractivity contribution is 7.18. The molecule has 0 atom stereocenters. The Labute approximate surface area is 165 Å². The summed E-state index contributed by atoms with van der Waals surface area (Å²) in [6.07, 6.45) is 0.303. The van der Waals surface area contributed by atoms with Gasteiger partial charge in [0, 0.05) is 23.8 Å². The third-order valence-corrected chi connectivity index (χ3v) is 6.37. The van der Waals surface area contributed by atoms with Crippen LogP contribution >= 0.6 is 22.7 Å². The highest BCUT2D eigenvalue weighted by atomic mass is 32.1. The van der Waals surface area contributed by atoms with Crippen LogP contribution in [0.5, 0.6) is 0 Å². The standard InChI is InChI=1S/C20H20N4OS2/c1-13-8-9-14(2)24(13)20-21-15(12-26-20)10-19(25)23(3)11-18-22-16-6-4-5-7-17(16)27-18/h4-9,12H,10-11H2,1-3H3. The van der Waals surface area contributed by atoms with Gasteiger partial charge in [-0.25, -0.2) is 9.97 Å². The number of rotatable bonds is 5. The molecule has 138 valence electrons. The summed E-state index contributed by atoms with van der Waals surface area (Å²) in [6, 6.07) is 12.2. The summed E-state index contributed by atoms with van der Waals surface area (Å²) in [7, 11) is 1.82. The van der Waals surface area contributed by atoms with E-state index in [0.29, 0.717) is 13.0 Å². The highest BCUT2D eigenvalue weighted by Crippen LogP contribution is 2.23. The number of carbonyl (C=O) groups is 1. The van der Waals surface area contributed by atoms with Crippen LogP contribution in [0.15, 0.2) is 41.8 Å². The summed E-state index contributed by atoms with van der Waals surface area (Å²) in [5.41, 5.74) is 4.09. The molecule has 0 saturated carbocycles. The lowest BCUT2D eigenvalue weighted by atomic mass is 10.3. The van der Waals surface area contributed by atoms with Crippen molar-refractivity contribution in [1.29, 1.82) is 0 Å². The zero-order valence-electron chi connectivity index (χ0n) is 15.5. The van der Waals surface area contributed by atoms with Crippen LogP contribution in [-0.4, -0.2) is 32.4 Å². The summed E-state index contributed by atoms with van der Waals surface area (Å²) in [5.74, 6) is 0.0482. The van der Waals surface area contributed by atoms with E-state index in [1.807, 2.05) is 30.6 Å². The second kappa shape index (κ2) is 7.25. The number of hydrogen-bond donors (Lipinski definition) is 0. The van der Waals surface area contributed by atoms with E-state index in [2.05, 4.69) is 46.6 Å². The molecule has 0 N–H and O–H groups in total. The van der Waals surface area contributed by atoms with Crippen LogP contribution in [0.2, 0.25) is 0 Å². The summed E-state index contributed by atoms with van der Waals surface area (Å²) in [4.78, 5) is 23.6. The van der Waals surface area contributed by atoms with E-state index in [1.165, 1.54) is 0 Å². The van der Waals surface area contributed by atoms with Gasteiger partial charge in [0.05, 0.1) is 28.9 Å². The van der Waals surface area contributed by atoms with E-state index < -0.39 is 0 Å². The van der Waals surface area contributed by atoms with Crippen molar-refractivity contribution >= 4 is 38.8 Å². The van der Waals surface area contributed by atoms with Crippen molar-refractivity contribution in [3.8, 4) is 5.13 Å². The highest BCUT2D eigenvalue weighted by Gasteiger charge is 2.16. The fourth-order valence-electron chi connectivity index (χ4n) is 3.02. The maximum absolute atomic E-state index is 12.6. The Morgan fingerprint density at radius 2 is 1.85 bits per heavy atom. The Bertz CT molecular complexity index is 1060. The Morgan fingerprint density at radius 1 is 1.11 bits per heavy atom. The first-order valence-corrected chi connectivity index (χ1v) is 10.4. The molecule has 0 radical (unpaired) electrons. The van der Waals surface area contributed by atoms with Gasteiger partial charge >= 0.3 is 0 Å². The molecule has 0 saturated heterocycles. The number of likely N-dealkylation sites (N-methyl/N-ethyl adjacent to an activating group) is 1. The zero-order valence-corrected chi connectivity index (χ0v) is 17.1. The third kappa shape index (κ3) is 3.65. The quantitative estimate of drug-likeness (QED) is 0.504. The van der Waals surface area contributed by atoms with Crippen LogP contribution in [0.3, 0.4) is 0 Å². The van der Waals surface area contributed by atoms with Crippen molar-refractivity contribution in [3.63, 3.8) is 0 Å². The smallest absolute Gasteiger partial charge is 0.228 e. The first-order chi connectivity index (χ1) is 13.0. The molecule has 5 nitrogen and oxygen atoms in total. The number of hydrogen-bond acceptors (Lipinski definition) is 5. The average molecular weight is 397 g/mol. The van der Waals surface area contributed by atoms with Gasteiger partial charge in [-0.05, 0) is 38.1 Å². The molecule has 0 unspecified atom stereocenters. The number of para-hydroxylation sites is 1. The number of thiazole rings is 2. The molecule has 27 heavy (non-hydrogen) atoms. The van der Waals surface area contributed by atoms with Gasteiger partial charge in [0.15, 0.2) is 5.13 Å². The van der Waals surface area contributed by atoms with Gasteiger partial charge in [-0.3, -0.25) is 9.36 Å². The molecular formula is C20H20N4OS2. The largest absolute Gasteiger partial charge is 0.339 e. The van der Waals surface area contributed by atoms with Crippen molar-refractivity contribution < 1.29 is 4.79 Å². The zero-order chi connectivity index (χ0) is 19.0. The van der Waals surface area contributed by atoms with E-state index in [-0.39, 0.29) is 5.91 Å². The lowest BCUT2D eigenvalue weighted by Crippen LogP contribution is -2.27. The van der Waals surface area contributed by atoms with Gasteiger partial charge < -0.3 is 4.90 Å². The summed E-state index contributed by atoms with van der Waals surface area (Å²) >= 11 is 3.20. The average Bonchev–Trinajstić information content (AvgIpc) is 3.33. The third-order valence-electron chi connectivity index (χ3n) is 4.47. The molecule has 1 aromatic carbocycles. The van der Waals surface area contributed by atoms with Crippen molar-refractivity contribution in [2.45, 2.75) is 26.8 Å². The predicted octanol–water partition coefficient (Wildman–Crippen LogP) is 4.36. The molecule has 0 bridgehead atoms. The van der Waals surface area contributed by atoms with Crippen LogP contribution in [-0.2, 0) is 17.8 Å². The Balaban J connectivity index is 1.44. The number of fused-ring (bicyclic) bond motifs is 1. The topological polar surface area (TPSA) is 51.0 Å². The summed E-state index contributed by atoms with van der Waals surface area (Å²) in [6.45, 7) is 4.64. The van der Waals surface area contributed by atoms with Gasteiger partial charge in [-0.2, -0.15) is 0 Å². The first kappa shape index (κ1) is 17.9. The van der Waals surface area contributed by atoms with Crippen LogP contribution in [0.25, 0.3) is 15.3 Å². The fraction of sp³-hybridized carbons (Fsp3) is 0.250. The summed E-state index contributed by atoms with van der Waals surface area (Å²) < 4.78 is 3.26. The molecule has 3 aromatic heterocycles. The molecule has 4 rings (SSSR count). The minimum absolute atomic E-state index is 0.0482. The molecule has 0 aliphatic carbocycles. The molecule has 0 aliphatic heterocycles. The number of carbonyl (C=O) groups excluding carboxylic acids is 1. The predicted molar refractivity (Wildman–Crippen MR) is 111 cm³/mol. The van der Waals surface area contributed by atoms with Crippen LogP contribution in [0.4, 0.5) is 0 Å². The van der Waals surface area contributed by atoms with Crippen molar-refractivity contribution in [1.82, 2.24) is 19.4 Å². The molecule has 7 heteroatoms. The number of amides is 1. The van der Waals surface area contributed by atoms with E-state index in [9.17, 15) is 4.79 Å². The number of aryl methyl sites for hydroxylation is 2. The maximum Gasteiger partial charge on any atom is 0.228 e. The van der Waals surface area contributed by atoms with Crippen molar-refractivity contribution in [2.75, 3.05) is 7.05 Å². The van der Waals surface area contributed by atoms with E-state index >= 15 is 0 Å². The number of aromatic nitrogens is 3. The molecule has 0 fully saturated rings. The van der Waals surface area contributed by atoms with Gasteiger partial charge in [0.2, 0.25) is 5.91 Å². The van der Waals surface area contributed by atoms with E-state index in [1.54, 1.807) is 27.6 Å². The van der Waals surface area contributed by atoms with E-state index in [0.717, 1.165) is 37.4 Å². The van der Waals surface area contributed by atoms with Crippen LogP contribution in [0, 0.1) is 13.8 Å². The van der Waals surface area contributed by atoms with Crippen LogP contribution < -0.4 is 0 Å². The van der Waals surface area contributed by atoms with Crippen molar-refractivity contribution in [3.05, 3.63) is 63.9 Å². The van der Waals surface area contributed by atoms with Crippen molar-refractivity contribution in [2.24, 2.45) is 0 Å². The second-order valence-electron chi connectivity index (χ2n) is 6.57. The maximum atomic E-state index is 12.6. The Kier molecular flexibility index (Phi) is 4.80. The van der Waals surface area contributed by atoms with Gasteiger partial charge in [-0.15, -0.1) is 22.7 Å². The molecule has 0 spiro atoms. The van der Waals surface area contributed by atoms with E-state index in [4.69, 9.17) is 0 Å². The van der Waals surface area contributed by atoms with Gasteiger partial charge in [0.1, 0.15) is 5.01 Å². The molecule has 1 amide bonds. The fourth-order valence-corrected chi connectivity index (χ4v) is 4.98. The Morgan fingerprint density at radius 3 is 2.59 bits per heavy atom. The lowest BCUT2D eigenvalue weighted by molar-refractivity contribution is -0.129. The van der Waals surface area contributed by atoms with Gasteiger partial charge in [-0.1, -0.05) is 12.1 Å². The monoisotopic (exact) mass is 396 g/mol. The molecule has 0 aliphatic rings. The minimum Gasteiger partial charge on any atom is -0.339 e. The molecular weight excluding hydrogens is 376 g/mol. The molecule has 4 aromatic rings. The minimum atomic E-state index is 0.0482. The van der Waals surface area contributed by atoms with Crippen LogP contribution in [0.1, 0.15) is 22.1 Å². The second-order valence-corrected chi connectivity index (χ2v) is 8.53. The molecule has 3 heterocycles. The number of benzene rings is 1. The van der Waals surface area contributed by atoms with Gasteiger partial charge in [0.25, 0.3) is 0 Å². The normalized spacial score (nSPS) is 11.2. The number of nitrogens with zero attached hydrogens (tertiary/aromatic N) is 4. The Hall–Kier alpha value is -2.51.